The number of hydrogen-bond acceptors (Lipinski definition) is 2. The molecule has 0 atom stereocenters. The first-order chi connectivity index (χ1) is 28.7. The Morgan fingerprint density at radius 3 is 1.67 bits per heavy atom. The van der Waals surface area contributed by atoms with Crippen molar-refractivity contribution < 1.29 is 4.42 Å². The van der Waals surface area contributed by atoms with Crippen LogP contribution < -0.4 is 4.90 Å². The van der Waals surface area contributed by atoms with Crippen LogP contribution in [0.1, 0.15) is 0 Å². The van der Waals surface area contributed by atoms with Gasteiger partial charge in [-0.1, -0.05) is 176 Å². The average Bonchev–Trinajstić information content (AvgIpc) is 3.67. The van der Waals surface area contributed by atoms with Gasteiger partial charge < -0.3 is 9.32 Å². The number of furan rings is 1. The molecule has 0 aliphatic carbocycles. The van der Waals surface area contributed by atoms with Crippen molar-refractivity contribution in [3.8, 4) is 44.5 Å². The minimum absolute atomic E-state index is 0.860. The highest BCUT2D eigenvalue weighted by Gasteiger charge is 2.20. The number of benzene rings is 10. The Morgan fingerprint density at radius 2 is 0.845 bits per heavy atom. The zero-order valence-corrected chi connectivity index (χ0v) is 31.7. The highest BCUT2D eigenvalue weighted by atomic mass is 16.3. The van der Waals surface area contributed by atoms with Crippen LogP contribution in [0.4, 0.5) is 17.1 Å². The maximum absolute atomic E-state index is 6.48. The molecule has 11 rings (SSSR count). The summed E-state index contributed by atoms with van der Waals surface area (Å²) >= 11 is 0. The highest BCUT2D eigenvalue weighted by molar-refractivity contribution is 6.06. The third-order valence-corrected chi connectivity index (χ3v) is 11.5. The summed E-state index contributed by atoms with van der Waals surface area (Å²) in [5, 5.41) is 7.20. The molecule has 0 bridgehead atoms. The van der Waals surface area contributed by atoms with E-state index in [-0.39, 0.29) is 0 Å². The molecule has 272 valence electrons. The molecular weight excluding hydrogens is 703 g/mol. The van der Waals surface area contributed by atoms with Gasteiger partial charge in [-0.05, 0) is 103 Å². The lowest BCUT2D eigenvalue weighted by atomic mass is 9.95. The Balaban J connectivity index is 1.05. The second-order valence-electron chi connectivity index (χ2n) is 14.9. The van der Waals surface area contributed by atoms with Gasteiger partial charge >= 0.3 is 0 Å². The largest absolute Gasteiger partial charge is 0.456 e. The summed E-state index contributed by atoms with van der Waals surface area (Å²) in [6.45, 7) is 0. The molecule has 0 unspecified atom stereocenters. The molecule has 1 heterocycles. The number of nitrogens with zero attached hydrogens (tertiary/aromatic N) is 1. The number of rotatable bonds is 7. The van der Waals surface area contributed by atoms with Gasteiger partial charge in [0.2, 0.25) is 0 Å². The molecule has 10 aromatic carbocycles. The lowest BCUT2D eigenvalue weighted by Crippen LogP contribution is -2.11. The molecule has 0 saturated carbocycles. The van der Waals surface area contributed by atoms with E-state index in [0.717, 1.165) is 61.3 Å². The number of hydrogen-bond donors (Lipinski definition) is 0. The molecular formula is C56H37NO. The van der Waals surface area contributed by atoms with Crippen LogP contribution >= 0.6 is 0 Å². The van der Waals surface area contributed by atoms with E-state index < -0.39 is 0 Å². The summed E-state index contributed by atoms with van der Waals surface area (Å²) < 4.78 is 6.48. The average molecular weight is 740 g/mol. The monoisotopic (exact) mass is 739 g/mol. The molecule has 11 aromatic rings. The van der Waals surface area contributed by atoms with Crippen LogP contribution in [0.3, 0.4) is 0 Å². The molecule has 0 fully saturated rings. The van der Waals surface area contributed by atoms with E-state index in [1.807, 2.05) is 12.1 Å². The van der Waals surface area contributed by atoms with E-state index in [0.29, 0.717) is 0 Å². The Kier molecular flexibility index (Phi) is 8.19. The maximum atomic E-state index is 6.48. The van der Waals surface area contributed by atoms with E-state index >= 15 is 0 Å². The standard InChI is InChI=1S/C56H37NO/c1-2-12-42(13-3-1)51-33-29-46(45-26-23-38-11-4-5-15-44(38)35-45)36-54(51)57(48-32-34-53-52-18-8-9-20-55(52)58-56(53)37-48)47-30-27-40(28-31-47)39-21-24-43(25-22-39)50-19-10-16-41-14-6-7-17-49(41)50/h1-37H. The molecule has 0 aliphatic heterocycles. The van der Waals surface area contributed by atoms with Crippen LogP contribution in [0.25, 0.3) is 88.0 Å². The van der Waals surface area contributed by atoms with Crippen LogP contribution in [0.2, 0.25) is 0 Å². The summed E-state index contributed by atoms with van der Waals surface area (Å²) in [4.78, 5) is 2.38. The third-order valence-electron chi connectivity index (χ3n) is 11.5. The minimum atomic E-state index is 0.860. The molecule has 0 radical (unpaired) electrons. The van der Waals surface area contributed by atoms with Gasteiger partial charge in [-0.15, -0.1) is 0 Å². The predicted molar refractivity (Wildman–Crippen MR) is 245 cm³/mol. The highest BCUT2D eigenvalue weighted by Crippen LogP contribution is 2.45. The van der Waals surface area contributed by atoms with Crippen LogP contribution in [-0.4, -0.2) is 0 Å². The SMILES string of the molecule is c1ccc(-c2ccc(-c3ccc4ccccc4c3)cc2N(c2ccc(-c3ccc(-c4cccc5ccccc45)cc3)cc2)c2ccc3c(c2)oc2ccccc23)cc1. The molecule has 0 N–H and O–H groups in total. The predicted octanol–water partition coefficient (Wildman–Crippen LogP) is 16.0. The van der Waals surface area contributed by atoms with E-state index in [4.69, 9.17) is 4.42 Å². The summed E-state index contributed by atoms with van der Waals surface area (Å²) in [5.74, 6) is 0. The lowest BCUT2D eigenvalue weighted by molar-refractivity contribution is 0.669. The van der Waals surface area contributed by atoms with Gasteiger partial charge in [0.25, 0.3) is 0 Å². The van der Waals surface area contributed by atoms with Crippen molar-refractivity contribution >= 4 is 60.5 Å². The van der Waals surface area contributed by atoms with E-state index in [9.17, 15) is 0 Å². The zero-order valence-electron chi connectivity index (χ0n) is 31.7. The van der Waals surface area contributed by atoms with Crippen molar-refractivity contribution in [2.75, 3.05) is 4.90 Å². The number of fused-ring (bicyclic) bond motifs is 5. The van der Waals surface area contributed by atoms with Crippen LogP contribution in [-0.2, 0) is 0 Å². The smallest absolute Gasteiger partial charge is 0.137 e. The molecule has 2 nitrogen and oxygen atoms in total. The molecule has 1 aromatic heterocycles. The van der Waals surface area contributed by atoms with Crippen LogP contribution in [0.15, 0.2) is 229 Å². The van der Waals surface area contributed by atoms with E-state index in [1.165, 1.54) is 43.8 Å². The number of anilines is 3. The van der Waals surface area contributed by atoms with Crippen molar-refractivity contribution in [1.29, 1.82) is 0 Å². The van der Waals surface area contributed by atoms with Gasteiger partial charge in [0.05, 0.1) is 5.69 Å². The van der Waals surface area contributed by atoms with Crippen LogP contribution in [0.5, 0.6) is 0 Å². The van der Waals surface area contributed by atoms with E-state index in [2.05, 4.69) is 217 Å². The van der Waals surface area contributed by atoms with Gasteiger partial charge in [-0.25, -0.2) is 0 Å². The Hall–Kier alpha value is -7.68. The molecule has 58 heavy (non-hydrogen) atoms. The quantitative estimate of drug-likeness (QED) is 0.162. The van der Waals surface area contributed by atoms with Gasteiger partial charge in [-0.3, -0.25) is 0 Å². The first kappa shape index (κ1) is 33.6. The van der Waals surface area contributed by atoms with E-state index in [1.54, 1.807) is 0 Å². The summed E-state index contributed by atoms with van der Waals surface area (Å²) in [6.07, 6.45) is 0. The fourth-order valence-corrected chi connectivity index (χ4v) is 8.53. The molecule has 0 saturated heterocycles. The Morgan fingerprint density at radius 1 is 0.276 bits per heavy atom. The molecule has 0 amide bonds. The first-order valence-electron chi connectivity index (χ1n) is 19.8. The Bertz CT molecular complexity index is 3260. The molecule has 0 spiro atoms. The van der Waals surface area contributed by atoms with Gasteiger partial charge in [-0.2, -0.15) is 0 Å². The van der Waals surface area contributed by atoms with Gasteiger partial charge in [0, 0.05) is 33.8 Å². The molecule has 2 heteroatoms. The number of para-hydroxylation sites is 1. The normalized spacial score (nSPS) is 11.4. The second kappa shape index (κ2) is 14.1. The van der Waals surface area contributed by atoms with Crippen molar-refractivity contribution in [2.24, 2.45) is 0 Å². The zero-order chi connectivity index (χ0) is 38.4. The maximum Gasteiger partial charge on any atom is 0.137 e. The lowest BCUT2D eigenvalue weighted by Gasteiger charge is -2.29. The summed E-state index contributed by atoms with van der Waals surface area (Å²) in [5.41, 5.74) is 14.3. The van der Waals surface area contributed by atoms with Crippen molar-refractivity contribution in [2.45, 2.75) is 0 Å². The minimum Gasteiger partial charge on any atom is -0.456 e. The fourth-order valence-electron chi connectivity index (χ4n) is 8.53. The fraction of sp³-hybridized carbons (Fsp3) is 0. The first-order valence-corrected chi connectivity index (χ1v) is 19.8. The Labute approximate surface area is 337 Å². The second-order valence-corrected chi connectivity index (χ2v) is 14.9. The van der Waals surface area contributed by atoms with Crippen molar-refractivity contribution in [1.82, 2.24) is 0 Å². The summed E-state index contributed by atoms with van der Waals surface area (Å²) in [7, 11) is 0. The van der Waals surface area contributed by atoms with Crippen molar-refractivity contribution in [3.05, 3.63) is 224 Å². The topological polar surface area (TPSA) is 16.4 Å². The third kappa shape index (κ3) is 6.00. The van der Waals surface area contributed by atoms with Gasteiger partial charge in [0.1, 0.15) is 11.2 Å². The van der Waals surface area contributed by atoms with Crippen LogP contribution in [0, 0.1) is 0 Å². The van der Waals surface area contributed by atoms with Gasteiger partial charge in [0.15, 0.2) is 0 Å². The molecule has 0 aliphatic rings. The summed E-state index contributed by atoms with van der Waals surface area (Å²) in [6, 6.07) is 80.8. The van der Waals surface area contributed by atoms with Crippen molar-refractivity contribution in [3.63, 3.8) is 0 Å².